The van der Waals surface area contributed by atoms with Crippen LogP contribution in [0.1, 0.15) is 103 Å². The standard InChI is InChI=1S/C18H35NS/c1-2-3-4-5-6-7-8-9-10-11-12-13-14-15-18(20)16-17-19/h18,20H,2-16H2,1H3. The zero-order chi connectivity index (χ0) is 14.9. The number of hydrogen-bond donors (Lipinski definition) is 1. The molecule has 118 valence electrons. The lowest BCUT2D eigenvalue weighted by Gasteiger charge is -2.06. The van der Waals surface area contributed by atoms with Crippen molar-refractivity contribution in [1.29, 1.82) is 5.26 Å². The molecule has 0 rings (SSSR count). The molecule has 0 aromatic heterocycles. The predicted molar refractivity (Wildman–Crippen MR) is 93.3 cm³/mol. The van der Waals surface area contributed by atoms with Gasteiger partial charge in [-0.05, 0) is 6.42 Å². The molecule has 1 nitrogen and oxygen atoms in total. The normalized spacial score (nSPS) is 12.2. The van der Waals surface area contributed by atoms with Crippen molar-refractivity contribution in [2.45, 2.75) is 108 Å². The quantitative estimate of drug-likeness (QED) is 0.264. The van der Waals surface area contributed by atoms with E-state index in [9.17, 15) is 0 Å². The molecule has 0 amide bonds. The van der Waals surface area contributed by atoms with Crippen LogP contribution in [0.5, 0.6) is 0 Å². The van der Waals surface area contributed by atoms with E-state index < -0.39 is 0 Å². The summed E-state index contributed by atoms with van der Waals surface area (Å²) in [4.78, 5) is 0. The van der Waals surface area contributed by atoms with Gasteiger partial charge < -0.3 is 0 Å². The van der Waals surface area contributed by atoms with Crippen LogP contribution in [0.15, 0.2) is 0 Å². The monoisotopic (exact) mass is 297 g/mol. The summed E-state index contributed by atoms with van der Waals surface area (Å²) < 4.78 is 0. The van der Waals surface area contributed by atoms with Gasteiger partial charge in [-0.25, -0.2) is 0 Å². The molecule has 2 heteroatoms. The van der Waals surface area contributed by atoms with Crippen molar-refractivity contribution >= 4 is 12.6 Å². The molecule has 0 aromatic rings. The first-order valence-corrected chi connectivity index (χ1v) is 9.38. The minimum absolute atomic E-state index is 0.299. The van der Waals surface area contributed by atoms with E-state index in [0.717, 1.165) is 6.42 Å². The average Bonchev–Trinajstić information content (AvgIpc) is 2.44. The van der Waals surface area contributed by atoms with Gasteiger partial charge in [-0.3, -0.25) is 0 Å². The number of nitriles is 1. The van der Waals surface area contributed by atoms with Crippen molar-refractivity contribution in [3.05, 3.63) is 0 Å². The van der Waals surface area contributed by atoms with Crippen molar-refractivity contribution in [1.82, 2.24) is 0 Å². The fourth-order valence-electron chi connectivity index (χ4n) is 2.61. The Hall–Kier alpha value is -0.160. The molecular formula is C18H35NS. The summed E-state index contributed by atoms with van der Waals surface area (Å²) >= 11 is 4.40. The molecule has 1 unspecified atom stereocenters. The van der Waals surface area contributed by atoms with E-state index in [1.807, 2.05) is 0 Å². The van der Waals surface area contributed by atoms with Crippen molar-refractivity contribution in [3.63, 3.8) is 0 Å². The Balaban J connectivity index is 3.01. The van der Waals surface area contributed by atoms with Gasteiger partial charge in [-0.1, -0.05) is 90.4 Å². The molecule has 0 fully saturated rings. The van der Waals surface area contributed by atoms with Crippen LogP contribution in [0.4, 0.5) is 0 Å². The summed E-state index contributed by atoms with van der Waals surface area (Å²) in [6.07, 6.45) is 19.8. The van der Waals surface area contributed by atoms with Crippen LogP contribution in [0.25, 0.3) is 0 Å². The predicted octanol–water partition coefficient (Wildman–Crippen LogP) is 6.68. The molecule has 0 spiro atoms. The highest BCUT2D eigenvalue weighted by molar-refractivity contribution is 7.80. The number of unbranched alkanes of at least 4 members (excludes halogenated alkanes) is 12. The second-order valence-electron chi connectivity index (χ2n) is 6.05. The van der Waals surface area contributed by atoms with Crippen LogP contribution in [0.3, 0.4) is 0 Å². The highest BCUT2D eigenvalue weighted by Gasteiger charge is 2.01. The third kappa shape index (κ3) is 15.9. The van der Waals surface area contributed by atoms with E-state index in [0.29, 0.717) is 11.7 Å². The number of nitrogens with zero attached hydrogens (tertiary/aromatic N) is 1. The molecule has 0 radical (unpaired) electrons. The Kier molecular flexibility index (Phi) is 16.8. The van der Waals surface area contributed by atoms with Crippen LogP contribution < -0.4 is 0 Å². The maximum Gasteiger partial charge on any atom is 0.0633 e. The van der Waals surface area contributed by atoms with Gasteiger partial charge in [-0.2, -0.15) is 17.9 Å². The first-order valence-electron chi connectivity index (χ1n) is 8.86. The lowest BCUT2D eigenvalue weighted by molar-refractivity contribution is 0.534. The lowest BCUT2D eigenvalue weighted by Crippen LogP contribution is -1.96. The van der Waals surface area contributed by atoms with Crippen LogP contribution >= 0.6 is 12.6 Å². The summed E-state index contributed by atoms with van der Waals surface area (Å²) in [5.74, 6) is 0. The molecule has 0 bridgehead atoms. The number of rotatable bonds is 15. The molecule has 0 aromatic carbocycles. The number of hydrogen-bond acceptors (Lipinski definition) is 2. The zero-order valence-corrected chi connectivity index (χ0v) is 14.5. The molecular weight excluding hydrogens is 262 g/mol. The summed E-state index contributed by atoms with van der Waals surface area (Å²) in [5, 5.41) is 8.84. The SMILES string of the molecule is CCCCCCCCCCCCCCCC(S)CC#N. The van der Waals surface area contributed by atoms with E-state index in [4.69, 9.17) is 5.26 Å². The Labute approximate surface area is 132 Å². The molecule has 20 heavy (non-hydrogen) atoms. The van der Waals surface area contributed by atoms with E-state index in [1.54, 1.807) is 0 Å². The van der Waals surface area contributed by atoms with Crippen molar-refractivity contribution in [2.24, 2.45) is 0 Å². The van der Waals surface area contributed by atoms with Gasteiger partial charge in [0.15, 0.2) is 0 Å². The topological polar surface area (TPSA) is 23.8 Å². The highest BCUT2D eigenvalue weighted by Crippen LogP contribution is 2.15. The Morgan fingerprint density at radius 3 is 1.55 bits per heavy atom. The first-order chi connectivity index (χ1) is 9.81. The van der Waals surface area contributed by atoms with Gasteiger partial charge in [0, 0.05) is 11.7 Å². The lowest BCUT2D eigenvalue weighted by atomic mass is 10.0. The fraction of sp³-hybridized carbons (Fsp3) is 0.944. The van der Waals surface area contributed by atoms with Crippen LogP contribution in [-0.4, -0.2) is 5.25 Å². The molecule has 1 atom stereocenters. The van der Waals surface area contributed by atoms with E-state index >= 15 is 0 Å². The molecule has 0 aliphatic rings. The maximum absolute atomic E-state index is 8.54. The molecule has 0 N–H and O–H groups in total. The molecule has 0 aliphatic carbocycles. The second kappa shape index (κ2) is 16.9. The minimum atomic E-state index is 0.299. The molecule has 0 heterocycles. The molecule has 0 aliphatic heterocycles. The minimum Gasteiger partial charge on any atom is -0.198 e. The zero-order valence-electron chi connectivity index (χ0n) is 13.6. The number of thiol groups is 1. The summed E-state index contributed by atoms with van der Waals surface area (Å²) in [5.41, 5.74) is 0. The van der Waals surface area contributed by atoms with Gasteiger partial charge >= 0.3 is 0 Å². The van der Waals surface area contributed by atoms with Gasteiger partial charge in [0.25, 0.3) is 0 Å². The van der Waals surface area contributed by atoms with E-state index in [2.05, 4.69) is 25.6 Å². The van der Waals surface area contributed by atoms with E-state index in [1.165, 1.54) is 83.5 Å². The summed E-state index contributed by atoms with van der Waals surface area (Å²) in [6, 6.07) is 2.19. The smallest absolute Gasteiger partial charge is 0.0633 e. The van der Waals surface area contributed by atoms with Gasteiger partial charge in [0.2, 0.25) is 0 Å². The van der Waals surface area contributed by atoms with Crippen molar-refractivity contribution < 1.29 is 0 Å². The Morgan fingerprint density at radius 2 is 1.15 bits per heavy atom. The van der Waals surface area contributed by atoms with Gasteiger partial charge in [-0.15, -0.1) is 0 Å². The fourth-order valence-corrected chi connectivity index (χ4v) is 2.87. The van der Waals surface area contributed by atoms with Gasteiger partial charge in [0.1, 0.15) is 0 Å². The third-order valence-electron chi connectivity index (χ3n) is 3.97. The summed E-state index contributed by atoms with van der Waals surface area (Å²) in [7, 11) is 0. The van der Waals surface area contributed by atoms with Crippen molar-refractivity contribution in [2.75, 3.05) is 0 Å². The van der Waals surface area contributed by atoms with Crippen molar-refractivity contribution in [3.8, 4) is 6.07 Å². The van der Waals surface area contributed by atoms with Crippen LogP contribution in [0, 0.1) is 11.3 Å². The van der Waals surface area contributed by atoms with E-state index in [-0.39, 0.29) is 0 Å². The molecule has 0 saturated carbocycles. The van der Waals surface area contributed by atoms with Crippen LogP contribution in [0.2, 0.25) is 0 Å². The van der Waals surface area contributed by atoms with Crippen LogP contribution in [-0.2, 0) is 0 Å². The Bertz CT molecular complexity index is 222. The molecule has 0 saturated heterocycles. The Morgan fingerprint density at radius 1 is 0.750 bits per heavy atom. The maximum atomic E-state index is 8.54. The largest absolute Gasteiger partial charge is 0.198 e. The highest BCUT2D eigenvalue weighted by atomic mass is 32.1. The second-order valence-corrected chi connectivity index (χ2v) is 6.78. The average molecular weight is 298 g/mol. The third-order valence-corrected chi connectivity index (χ3v) is 4.41. The van der Waals surface area contributed by atoms with Gasteiger partial charge in [0.05, 0.1) is 6.07 Å². The summed E-state index contributed by atoms with van der Waals surface area (Å²) in [6.45, 7) is 2.28. The first kappa shape index (κ1) is 19.8.